The third kappa shape index (κ3) is 4.17. The Morgan fingerprint density at radius 3 is 2.50 bits per heavy atom. The van der Waals surface area contributed by atoms with Crippen LogP contribution in [0.3, 0.4) is 0 Å². The predicted molar refractivity (Wildman–Crippen MR) is 105 cm³/mol. The number of halogens is 1. The molecule has 134 valence electrons. The van der Waals surface area contributed by atoms with Gasteiger partial charge >= 0.3 is 10.1 Å². The highest BCUT2D eigenvalue weighted by molar-refractivity contribution is 9.10. The van der Waals surface area contributed by atoms with E-state index in [-0.39, 0.29) is 20.7 Å². The highest BCUT2D eigenvalue weighted by Gasteiger charge is 2.22. The van der Waals surface area contributed by atoms with Crippen LogP contribution < -0.4 is 9.92 Å². The van der Waals surface area contributed by atoms with Gasteiger partial charge in [0.2, 0.25) is 0 Å². The fourth-order valence-electron chi connectivity index (χ4n) is 2.15. The molecule has 0 unspecified atom stereocenters. The molecule has 0 aliphatic carbocycles. The van der Waals surface area contributed by atoms with Crippen LogP contribution in [0.15, 0.2) is 61.7 Å². The number of aryl methyl sites for hydroxylation is 1. The second-order valence-corrected chi connectivity index (χ2v) is 8.92. The van der Waals surface area contributed by atoms with Crippen molar-refractivity contribution < 1.29 is 17.4 Å². The number of benzene rings is 2. The summed E-state index contributed by atoms with van der Waals surface area (Å²) in [5, 5.41) is 0.144. The normalized spacial score (nSPS) is 16.0. The maximum atomic E-state index is 12.5. The molecule has 0 saturated heterocycles. The molecular formula is C17H13BrN2O4S2. The number of thioether (sulfide) groups is 1. The third-order valence-corrected chi connectivity index (χ3v) is 5.96. The molecule has 1 aliphatic rings. The number of carbonyl (C=O) groups excluding carboxylic acids is 1. The number of hydrogen-bond donors (Lipinski definition) is 1. The molecule has 1 aliphatic heterocycles. The van der Waals surface area contributed by atoms with E-state index in [0.29, 0.717) is 10.0 Å². The summed E-state index contributed by atoms with van der Waals surface area (Å²) in [4.78, 5) is 15.8. The van der Waals surface area contributed by atoms with Crippen molar-refractivity contribution in [1.82, 2.24) is 0 Å². The summed E-state index contributed by atoms with van der Waals surface area (Å²) in [6.45, 7) is 1.86. The SMILES string of the molecule is Cc1ccc(S(=O)(=O)Oc2ccc(Br)cc2C=C2SC(N)=NC2=O)cc1. The van der Waals surface area contributed by atoms with E-state index in [1.165, 1.54) is 24.3 Å². The molecule has 2 N–H and O–H groups in total. The Bertz CT molecular complexity index is 1040. The fraction of sp³-hybridized carbons (Fsp3) is 0.0588. The summed E-state index contributed by atoms with van der Waals surface area (Å²) in [6.07, 6.45) is 1.50. The van der Waals surface area contributed by atoms with Crippen molar-refractivity contribution in [2.24, 2.45) is 10.7 Å². The van der Waals surface area contributed by atoms with Crippen LogP contribution in [0.5, 0.6) is 5.75 Å². The molecule has 0 bridgehead atoms. The van der Waals surface area contributed by atoms with Crippen LogP contribution in [0.25, 0.3) is 6.08 Å². The molecule has 0 saturated carbocycles. The van der Waals surface area contributed by atoms with Gasteiger partial charge in [0.05, 0.1) is 4.91 Å². The number of aliphatic imine (C=N–C) groups is 1. The van der Waals surface area contributed by atoms with Gasteiger partial charge in [-0.05, 0) is 55.1 Å². The minimum Gasteiger partial charge on any atom is -0.378 e. The molecule has 0 atom stereocenters. The molecule has 26 heavy (non-hydrogen) atoms. The summed E-state index contributed by atoms with van der Waals surface area (Å²) < 4.78 is 31.1. The molecule has 1 amide bonds. The molecule has 0 radical (unpaired) electrons. The second kappa shape index (κ2) is 7.26. The molecule has 9 heteroatoms. The van der Waals surface area contributed by atoms with E-state index in [1.807, 2.05) is 6.92 Å². The first-order valence-electron chi connectivity index (χ1n) is 7.33. The maximum absolute atomic E-state index is 12.5. The summed E-state index contributed by atoms with van der Waals surface area (Å²) >= 11 is 4.34. The number of nitrogens with two attached hydrogens (primary N) is 1. The van der Waals surface area contributed by atoms with Crippen LogP contribution in [-0.4, -0.2) is 19.5 Å². The average molecular weight is 453 g/mol. The topological polar surface area (TPSA) is 98.8 Å². The number of nitrogens with zero attached hydrogens (tertiary/aromatic N) is 1. The largest absolute Gasteiger partial charge is 0.378 e. The molecule has 0 fully saturated rings. The van der Waals surface area contributed by atoms with E-state index in [9.17, 15) is 13.2 Å². The lowest BCUT2D eigenvalue weighted by Gasteiger charge is -2.10. The Hall–Kier alpha value is -2.10. The summed E-state index contributed by atoms with van der Waals surface area (Å²) in [7, 11) is -4.01. The molecule has 3 rings (SSSR count). The third-order valence-electron chi connectivity index (χ3n) is 3.40. The van der Waals surface area contributed by atoms with Gasteiger partial charge in [0.15, 0.2) is 5.17 Å². The van der Waals surface area contributed by atoms with Crippen molar-refractivity contribution in [3.8, 4) is 5.75 Å². The average Bonchev–Trinajstić information content (AvgIpc) is 2.88. The van der Waals surface area contributed by atoms with Gasteiger partial charge in [-0.3, -0.25) is 4.79 Å². The zero-order chi connectivity index (χ0) is 18.9. The van der Waals surface area contributed by atoms with E-state index in [0.717, 1.165) is 17.3 Å². The minimum absolute atomic E-state index is 0.0449. The Kier molecular flexibility index (Phi) is 5.22. The van der Waals surface area contributed by atoms with Crippen molar-refractivity contribution in [3.63, 3.8) is 0 Å². The van der Waals surface area contributed by atoms with Crippen LogP contribution in [-0.2, 0) is 14.9 Å². The van der Waals surface area contributed by atoms with Crippen molar-refractivity contribution in [2.75, 3.05) is 0 Å². The number of amidine groups is 1. The molecule has 2 aromatic carbocycles. The van der Waals surface area contributed by atoms with Gasteiger partial charge in [-0.2, -0.15) is 13.4 Å². The summed E-state index contributed by atoms with van der Waals surface area (Å²) in [5.41, 5.74) is 6.89. The van der Waals surface area contributed by atoms with Crippen molar-refractivity contribution in [1.29, 1.82) is 0 Å². The van der Waals surface area contributed by atoms with Gasteiger partial charge in [-0.25, -0.2) is 0 Å². The quantitative estimate of drug-likeness (QED) is 0.563. The lowest BCUT2D eigenvalue weighted by atomic mass is 10.2. The zero-order valence-electron chi connectivity index (χ0n) is 13.5. The van der Waals surface area contributed by atoms with Crippen LogP contribution in [0.1, 0.15) is 11.1 Å². The van der Waals surface area contributed by atoms with Crippen LogP contribution >= 0.6 is 27.7 Å². The van der Waals surface area contributed by atoms with Gasteiger partial charge in [0.1, 0.15) is 10.6 Å². The number of amides is 1. The smallest absolute Gasteiger partial charge is 0.339 e. The first-order valence-corrected chi connectivity index (χ1v) is 10.3. The lowest BCUT2D eigenvalue weighted by molar-refractivity contribution is -0.113. The molecule has 2 aromatic rings. The molecule has 1 heterocycles. The molecular weight excluding hydrogens is 440 g/mol. The van der Waals surface area contributed by atoms with Crippen LogP contribution in [0.2, 0.25) is 0 Å². The Balaban J connectivity index is 1.97. The maximum Gasteiger partial charge on any atom is 0.339 e. The monoisotopic (exact) mass is 452 g/mol. The predicted octanol–water partition coefficient (Wildman–Crippen LogP) is 3.45. The zero-order valence-corrected chi connectivity index (χ0v) is 16.7. The van der Waals surface area contributed by atoms with E-state index in [1.54, 1.807) is 24.3 Å². The molecule has 0 aromatic heterocycles. The van der Waals surface area contributed by atoms with Crippen molar-refractivity contribution in [2.45, 2.75) is 11.8 Å². The van der Waals surface area contributed by atoms with Crippen LogP contribution in [0.4, 0.5) is 0 Å². The molecule has 0 spiro atoms. The first kappa shape index (κ1) is 18.7. The van der Waals surface area contributed by atoms with Crippen molar-refractivity contribution >= 4 is 55.0 Å². The Labute approximate surface area is 163 Å². The van der Waals surface area contributed by atoms with E-state index >= 15 is 0 Å². The van der Waals surface area contributed by atoms with Gasteiger partial charge in [0.25, 0.3) is 5.91 Å². The van der Waals surface area contributed by atoms with Gasteiger partial charge in [0, 0.05) is 10.0 Å². The van der Waals surface area contributed by atoms with Gasteiger partial charge < -0.3 is 9.92 Å². The second-order valence-electron chi connectivity index (χ2n) is 5.40. The van der Waals surface area contributed by atoms with Crippen LogP contribution in [0, 0.1) is 6.92 Å². The van der Waals surface area contributed by atoms with E-state index < -0.39 is 16.0 Å². The Morgan fingerprint density at radius 1 is 1.19 bits per heavy atom. The standard InChI is InChI=1S/C17H13BrN2O4S2/c1-10-2-5-13(6-3-10)26(22,23)24-14-7-4-12(18)8-11(14)9-15-16(21)20-17(19)25-15/h2-9H,1H3,(H2,19,20,21). The summed E-state index contributed by atoms with van der Waals surface area (Å²) in [6, 6.07) is 11.1. The fourth-order valence-corrected chi connectivity index (χ4v) is 4.15. The van der Waals surface area contributed by atoms with E-state index in [4.69, 9.17) is 9.92 Å². The minimum atomic E-state index is -4.01. The van der Waals surface area contributed by atoms with Gasteiger partial charge in [-0.15, -0.1) is 0 Å². The van der Waals surface area contributed by atoms with E-state index in [2.05, 4.69) is 20.9 Å². The molecule has 6 nitrogen and oxygen atoms in total. The highest BCUT2D eigenvalue weighted by atomic mass is 79.9. The van der Waals surface area contributed by atoms with Crippen molar-refractivity contribution in [3.05, 3.63) is 63.0 Å². The number of carbonyl (C=O) groups is 1. The lowest BCUT2D eigenvalue weighted by Crippen LogP contribution is -2.10. The first-order chi connectivity index (χ1) is 12.2. The highest BCUT2D eigenvalue weighted by Crippen LogP contribution is 2.32. The van der Waals surface area contributed by atoms with Gasteiger partial charge in [-0.1, -0.05) is 33.6 Å². The number of rotatable bonds is 4. The number of hydrogen-bond acceptors (Lipinski definition) is 6. The Morgan fingerprint density at radius 2 is 1.88 bits per heavy atom. The summed E-state index contributed by atoms with van der Waals surface area (Å²) in [5.74, 6) is -0.375.